The Labute approximate surface area is 176 Å². The fraction of sp³-hybridized carbons (Fsp3) is 0.105. The zero-order valence-electron chi connectivity index (χ0n) is 15.6. The van der Waals surface area contributed by atoms with E-state index in [-0.39, 0.29) is 10.9 Å². The molecule has 0 bridgehead atoms. The number of carbonyl (C=O) groups excluding carboxylic acids is 1. The summed E-state index contributed by atoms with van der Waals surface area (Å²) < 4.78 is 41.5. The third-order valence-electron chi connectivity index (χ3n) is 4.16. The number of aromatic amines is 1. The second-order valence-electron chi connectivity index (χ2n) is 6.34. The van der Waals surface area contributed by atoms with Gasteiger partial charge in [0.15, 0.2) is 16.6 Å². The van der Waals surface area contributed by atoms with Gasteiger partial charge in [-0.2, -0.15) is 23.4 Å². The molecule has 4 rings (SSSR count). The standard InChI is InChI=1S/C19H13F3N6O2S/c20-19(21,22)16-13(10-24-28(16)14-6-7-15(29)27-26-14)17(30)25-18-23-9-12(31-18)8-11-4-2-1-3-5-11/h1-7,9-10H,8H2,(H,27,29)(H,23,25,30). The fourth-order valence-corrected chi connectivity index (χ4v) is 3.67. The maximum absolute atomic E-state index is 13.7. The van der Waals surface area contributed by atoms with Crippen LogP contribution in [-0.2, 0) is 12.6 Å². The maximum atomic E-state index is 13.7. The number of nitrogens with zero attached hydrogens (tertiary/aromatic N) is 4. The van der Waals surface area contributed by atoms with Crippen molar-refractivity contribution in [3.8, 4) is 5.82 Å². The molecule has 0 radical (unpaired) electrons. The third kappa shape index (κ3) is 4.53. The molecule has 0 saturated carbocycles. The number of thiazole rings is 1. The lowest BCUT2D eigenvalue weighted by Gasteiger charge is -2.11. The number of carbonyl (C=O) groups is 1. The van der Waals surface area contributed by atoms with Gasteiger partial charge in [0, 0.05) is 23.6 Å². The minimum atomic E-state index is -4.90. The Balaban J connectivity index is 1.59. The Morgan fingerprint density at radius 3 is 2.58 bits per heavy atom. The van der Waals surface area contributed by atoms with Crippen molar-refractivity contribution in [3.05, 3.63) is 86.9 Å². The lowest BCUT2D eigenvalue weighted by molar-refractivity contribution is -0.143. The van der Waals surface area contributed by atoms with E-state index in [0.717, 1.165) is 28.8 Å². The Kier molecular flexibility index (Phi) is 5.38. The summed E-state index contributed by atoms with van der Waals surface area (Å²) in [5.74, 6) is -1.30. The van der Waals surface area contributed by atoms with Gasteiger partial charge >= 0.3 is 6.18 Å². The van der Waals surface area contributed by atoms with Crippen LogP contribution < -0.4 is 10.9 Å². The minimum absolute atomic E-state index is 0.166. The van der Waals surface area contributed by atoms with Crippen LogP contribution in [0.3, 0.4) is 0 Å². The highest BCUT2D eigenvalue weighted by Crippen LogP contribution is 2.33. The van der Waals surface area contributed by atoms with Gasteiger partial charge in [-0.05, 0) is 11.6 Å². The zero-order chi connectivity index (χ0) is 22.0. The molecule has 0 atom stereocenters. The number of hydrogen-bond donors (Lipinski definition) is 2. The smallest absolute Gasteiger partial charge is 0.298 e. The van der Waals surface area contributed by atoms with Crippen LogP contribution >= 0.6 is 11.3 Å². The maximum Gasteiger partial charge on any atom is 0.434 e. The second-order valence-corrected chi connectivity index (χ2v) is 7.46. The van der Waals surface area contributed by atoms with E-state index in [9.17, 15) is 22.8 Å². The molecule has 8 nitrogen and oxygen atoms in total. The molecule has 0 saturated heterocycles. The molecule has 0 unspecified atom stereocenters. The van der Waals surface area contributed by atoms with Gasteiger partial charge in [-0.1, -0.05) is 30.3 Å². The first-order valence-electron chi connectivity index (χ1n) is 8.82. The van der Waals surface area contributed by atoms with E-state index in [0.29, 0.717) is 11.1 Å². The first-order chi connectivity index (χ1) is 14.8. The van der Waals surface area contributed by atoms with E-state index in [1.165, 1.54) is 11.3 Å². The monoisotopic (exact) mass is 446 g/mol. The summed E-state index contributed by atoms with van der Waals surface area (Å²) in [6.45, 7) is 0. The number of benzene rings is 1. The van der Waals surface area contributed by atoms with Crippen molar-refractivity contribution in [1.82, 2.24) is 25.0 Å². The van der Waals surface area contributed by atoms with E-state index in [4.69, 9.17) is 0 Å². The van der Waals surface area contributed by atoms with E-state index in [1.807, 2.05) is 35.4 Å². The highest BCUT2D eigenvalue weighted by atomic mass is 32.1. The van der Waals surface area contributed by atoms with Crippen molar-refractivity contribution in [2.75, 3.05) is 5.32 Å². The number of rotatable bonds is 5. The Morgan fingerprint density at radius 1 is 1.13 bits per heavy atom. The summed E-state index contributed by atoms with van der Waals surface area (Å²) in [4.78, 5) is 28.6. The number of H-pyrrole nitrogens is 1. The predicted molar refractivity (Wildman–Crippen MR) is 106 cm³/mol. The summed E-state index contributed by atoms with van der Waals surface area (Å²) in [7, 11) is 0. The molecule has 12 heteroatoms. The summed E-state index contributed by atoms with van der Waals surface area (Å²) >= 11 is 1.17. The summed E-state index contributed by atoms with van der Waals surface area (Å²) in [5.41, 5.74) is -1.55. The molecule has 0 fully saturated rings. The molecule has 3 aromatic heterocycles. The van der Waals surface area contributed by atoms with Gasteiger partial charge in [-0.25, -0.2) is 14.8 Å². The van der Waals surface area contributed by atoms with Crippen molar-refractivity contribution in [3.63, 3.8) is 0 Å². The first kappa shape index (κ1) is 20.5. The molecule has 0 aliphatic rings. The predicted octanol–water partition coefficient (Wildman–Crippen LogP) is 3.27. The average Bonchev–Trinajstić information content (AvgIpc) is 3.36. The lowest BCUT2D eigenvalue weighted by atomic mass is 10.1. The number of aromatic nitrogens is 5. The number of amides is 1. The van der Waals surface area contributed by atoms with Crippen molar-refractivity contribution < 1.29 is 18.0 Å². The average molecular weight is 446 g/mol. The van der Waals surface area contributed by atoms with Crippen LogP contribution in [-0.4, -0.2) is 30.9 Å². The Bertz CT molecular complexity index is 1260. The van der Waals surface area contributed by atoms with E-state index in [2.05, 4.69) is 20.5 Å². The molecule has 2 N–H and O–H groups in total. The van der Waals surface area contributed by atoms with Crippen LogP contribution in [0.2, 0.25) is 0 Å². The van der Waals surface area contributed by atoms with Gasteiger partial charge in [0.2, 0.25) is 0 Å². The molecule has 4 aromatic rings. The van der Waals surface area contributed by atoms with Crippen molar-refractivity contribution in [2.24, 2.45) is 0 Å². The van der Waals surface area contributed by atoms with Crippen LogP contribution in [0, 0.1) is 0 Å². The van der Waals surface area contributed by atoms with Gasteiger partial charge in [0.25, 0.3) is 11.5 Å². The minimum Gasteiger partial charge on any atom is -0.298 e. The van der Waals surface area contributed by atoms with Gasteiger partial charge < -0.3 is 0 Å². The molecule has 1 amide bonds. The van der Waals surface area contributed by atoms with Crippen LogP contribution in [0.1, 0.15) is 26.5 Å². The Hall–Kier alpha value is -3.80. The van der Waals surface area contributed by atoms with E-state index in [1.54, 1.807) is 6.20 Å². The van der Waals surface area contributed by atoms with Crippen molar-refractivity contribution in [1.29, 1.82) is 0 Å². The van der Waals surface area contributed by atoms with E-state index < -0.39 is 28.9 Å². The zero-order valence-corrected chi connectivity index (χ0v) is 16.4. The number of halogens is 3. The molecular weight excluding hydrogens is 433 g/mol. The molecular formula is C19H13F3N6O2S. The second kappa shape index (κ2) is 8.14. The summed E-state index contributed by atoms with van der Waals surface area (Å²) in [5, 5.41) is 11.8. The highest BCUT2D eigenvalue weighted by molar-refractivity contribution is 7.15. The van der Waals surface area contributed by atoms with Gasteiger partial charge in [0.1, 0.15) is 0 Å². The van der Waals surface area contributed by atoms with Crippen LogP contribution in [0.5, 0.6) is 0 Å². The van der Waals surface area contributed by atoms with Gasteiger partial charge in [0.05, 0.1) is 11.8 Å². The van der Waals surface area contributed by atoms with Crippen LogP contribution in [0.25, 0.3) is 5.82 Å². The van der Waals surface area contributed by atoms with Crippen molar-refractivity contribution >= 4 is 22.4 Å². The Morgan fingerprint density at radius 2 is 1.90 bits per heavy atom. The first-order valence-corrected chi connectivity index (χ1v) is 9.64. The van der Waals surface area contributed by atoms with Gasteiger partial charge in [-0.3, -0.25) is 14.9 Å². The normalized spacial score (nSPS) is 11.5. The summed E-state index contributed by atoms with van der Waals surface area (Å²) in [6, 6.07) is 11.6. The largest absolute Gasteiger partial charge is 0.434 e. The highest BCUT2D eigenvalue weighted by Gasteiger charge is 2.41. The molecule has 158 valence electrons. The van der Waals surface area contributed by atoms with E-state index >= 15 is 0 Å². The third-order valence-corrected chi connectivity index (χ3v) is 5.07. The molecule has 0 spiro atoms. The number of anilines is 1. The van der Waals surface area contributed by atoms with Crippen LogP contribution in [0.15, 0.2) is 59.7 Å². The lowest BCUT2D eigenvalue weighted by Crippen LogP contribution is -2.21. The van der Waals surface area contributed by atoms with Crippen molar-refractivity contribution in [2.45, 2.75) is 12.6 Å². The summed E-state index contributed by atoms with van der Waals surface area (Å²) in [6.07, 6.45) is -1.96. The molecule has 3 heterocycles. The number of nitrogens with one attached hydrogen (secondary N) is 2. The number of alkyl halides is 3. The SMILES string of the molecule is O=C(Nc1ncc(Cc2ccccc2)s1)c1cnn(-c2ccc(=O)[nH]n2)c1C(F)(F)F. The fourth-order valence-electron chi connectivity index (χ4n) is 2.82. The quantitative estimate of drug-likeness (QED) is 0.490. The number of hydrogen-bond acceptors (Lipinski definition) is 6. The topological polar surface area (TPSA) is 106 Å². The molecule has 0 aliphatic carbocycles. The van der Waals surface area contributed by atoms with Gasteiger partial charge in [-0.15, -0.1) is 11.3 Å². The molecule has 31 heavy (non-hydrogen) atoms. The molecule has 1 aromatic carbocycles. The van der Waals surface area contributed by atoms with Crippen LogP contribution in [0.4, 0.5) is 18.3 Å². The molecule has 0 aliphatic heterocycles.